The molecule has 0 spiro atoms. The first-order valence-electron chi connectivity index (χ1n) is 4.32. The van der Waals surface area contributed by atoms with E-state index in [9.17, 15) is 0 Å². The first-order valence-corrected chi connectivity index (χ1v) is 5.20. The Bertz CT molecular complexity index is 298. The predicted molar refractivity (Wildman–Crippen MR) is 56.7 cm³/mol. The molecule has 70 valence electrons. The van der Waals surface area contributed by atoms with Crippen molar-refractivity contribution in [1.82, 2.24) is 10.3 Å². The second-order valence-electron chi connectivity index (χ2n) is 2.93. The molecule has 1 heterocycles. The molecule has 2 nitrogen and oxygen atoms in total. The van der Waals surface area contributed by atoms with Gasteiger partial charge in [-0.1, -0.05) is 0 Å². The van der Waals surface area contributed by atoms with Gasteiger partial charge in [-0.2, -0.15) is 0 Å². The van der Waals surface area contributed by atoms with Crippen LogP contribution in [0.25, 0.3) is 0 Å². The summed E-state index contributed by atoms with van der Waals surface area (Å²) in [7, 11) is 0. The van der Waals surface area contributed by atoms with Crippen LogP contribution in [0.3, 0.4) is 0 Å². The molecule has 1 unspecified atom stereocenters. The lowest BCUT2D eigenvalue weighted by molar-refractivity contribution is 0.589. The van der Waals surface area contributed by atoms with Crippen LogP contribution >= 0.6 is 11.3 Å². The van der Waals surface area contributed by atoms with E-state index in [1.807, 2.05) is 12.4 Å². The third-order valence-electron chi connectivity index (χ3n) is 1.90. The van der Waals surface area contributed by atoms with Crippen molar-refractivity contribution < 1.29 is 0 Å². The number of hydrogen-bond acceptors (Lipinski definition) is 3. The summed E-state index contributed by atoms with van der Waals surface area (Å²) in [6, 6.07) is 0.362. The molecule has 0 saturated carbocycles. The van der Waals surface area contributed by atoms with Gasteiger partial charge >= 0.3 is 0 Å². The minimum absolute atomic E-state index is 0.362. The zero-order chi connectivity index (χ0) is 9.68. The fourth-order valence-corrected chi connectivity index (χ4v) is 2.02. The maximum atomic E-state index is 5.16. The molecule has 13 heavy (non-hydrogen) atoms. The highest BCUT2D eigenvalue weighted by Gasteiger charge is 2.08. The summed E-state index contributed by atoms with van der Waals surface area (Å²) in [6.45, 7) is 5.04. The highest BCUT2D eigenvalue weighted by atomic mass is 32.1. The molecule has 0 fully saturated rings. The summed E-state index contributed by atoms with van der Waals surface area (Å²) in [5, 5.41) is 3.35. The molecule has 1 atom stereocenters. The van der Waals surface area contributed by atoms with E-state index in [4.69, 9.17) is 6.42 Å². The molecule has 3 heteroatoms. The van der Waals surface area contributed by atoms with Crippen LogP contribution in [0.2, 0.25) is 0 Å². The topological polar surface area (TPSA) is 24.9 Å². The number of nitrogens with zero attached hydrogens (tertiary/aromatic N) is 1. The summed E-state index contributed by atoms with van der Waals surface area (Å²) in [4.78, 5) is 5.51. The van der Waals surface area contributed by atoms with Crippen LogP contribution in [0.1, 0.15) is 30.0 Å². The number of hydrogen-bond donors (Lipinski definition) is 1. The molecule has 1 aromatic rings. The van der Waals surface area contributed by atoms with Crippen molar-refractivity contribution in [2.24, 2.45) is 0 Å². The van der Waals surface area contributed by atoms with Crippen LogP contribution in [0.4, 0.5) is 0 Å². The summed E-state index contributed by atoms with van der Waals surface area (Å²) in [5.74, 6) is 2.61. The fourth-order valence-electron chi connectivity index (χ4n) is 1.18. The van der Waals surface area contributed by atoms with Crippen LogP contribution in [0.5, 0.6) is 0 Å². The normalized spacial score (nSPS) is 12.4. The number of rotatable bonds is 4. The van der Waals surface area contributed by atoms with E-state index in [0.717, 1.165) is 18.7 Å². The minimum atomic E-state index is 0.362. The van der Waals surface area contributed by atoms with Crippen LogP contribution in [-0.4, -0.2) is 11.5 Å². The first kappa shape index (κ1) is 10.2. The lowest BCUT2D eigenvalue weighted by atomic mass is 10.2. The van der Waals surface area contributed by atoms with Crippen molar-refractivity contribution in [3.63, 3.8) is 0 Å². The van der Waals surface area contributed by atoms with Gasteiger partial charge in [-0.15, -0.1) is 23.7 Å². The smallest absolute Gasteiger partial charge is 0.0798 e. The minimum Gasteiger partial charge on any atom is -0.308 e. The van der Waals surface area contributed by atoms with E-state index in [2.05, 4.69) is 23.1 Å². The third-order valence-corrected chi connectivity index (χ3v) is 3.01. The Kier molecular flexibility index (Phi) is 3.94. The Balaban J connectivity index is 2.45. The fraction of sp³-hybridized carbons (Fsp3) is 0.500. The molecular weight excluding hydrogens is 180 g/mol. The number of aromatic nitrogens is 1. The van der Waals surface area contributed by atoms with Gasteiger partial charge in [-0.25, -0.2) is 4.98 Å². The molecule has 0 aliphatic rings. The van der Waals surface area contributed by atoms with E-state index in [1.54, 1.807) is 11.3 Å². The SMILES string of the molecule is C#CCCNC(C)c1scnc1C. The van der Waals surface area contributed by atoms with Crippen LogP contribution in [-0.2, 0) is 0 Å². The van der Waals surface area contributed by atoms with Crippen molar-refractivity contribution in [3.8, 4) is 12.3 Å². The number of aryl methyl sites for hydroxylation is 1. The van der Waals surface area contributed by atoms with Crippen molar-refractivity contribution in [3.05, 3.63) is 16.1 Å². The van der Waals surface area contributed by atoms with Crippen LogP contribution < -0.4 is 5.32 Å². The third kappa shape index (κ3) is 2.83. The molecule has 1 aromatic heterocycles. The molecule has 0 aliphatic carbocycles. The predicted octanol–water partition coefficient (Wildman–Crippen LogP) is 2.13. The Labute approximate surface area is 83.4 Å². The highest BCUT2D eigenvalue weighted by Crippen LogP contribution is 2.20. The lowest BCUT2D eigenvalue weighted by Gasteiger charge is -2.10. The summed E-state index contributed by atoms with van der Waals surface area (Å²) in [6.07, 6.45) is 5.94. The van der Waals surface area contributed by atoms with Gasteiger partial charge in [0.1, 0.15) is 0 Å². The number of terminal acetylenes is 1. The van der Waals surface area contributed by atoms with E-state index in [-0.39, 0.29) is 0 Å². The Morgan fingerprint density at radius 3 is 3.08 bits per heavy atom. The van der Waals surface area contributed by atoms with Gasteiger partial charge in [-0.3, -0.25) is 0 Å². The standard InChI is InChI=1S/C10H14N2S/c1-4-5-6-11-8(2)10-9(3)12-7-13-10/h1,7-8,11H,5-6H2,2-3H3. The average Bonchev–Trinajstić information content (AvgIpc) is 2.52. The number of nitrogens with one attached hydrogen (secondary N) is 1. The molecule has 0 aromatic carbocycles. The number of thiazole rings is 1. The summed E-state index contributed by atoms with van der Waals surface area (Å²) in [5.41, 5.74) is 3.00. The molecule has 0 amide bonds. The van der Waals surface area contributed by atoms with E-state index in [0.29, 0.717) is 6.04 Å². The van der Waals surface area contributed by atoms with E-state index in [1.165, 1.54) is 4.88 Å². The van der Waals surface area contributed by atoms with Gasteiger partial charge in [0, 0.05) is 23.9 Å². The summed E-state index contributed by atoms with van der Waals surface area (Å²) >= 11 is 1.69. The van der Waals surface area contributed by atoms with Crippen LogP contribution in [0, 0.1) is 19.3 Å². The molecule has 1 rings (SSSR count). The molecule has 1 N–H and O–H groups in total. The van der Waals surface area contributed by atoms with Gasteiger partial charge in [0.05, 0.1) is 11.2 Å². The highest BCUT2D eigenvalue weighted by molar-refractivity contribution is 7.09. The molecule has 0 saturated heterocycles. The average molecular weight is 194 g/mol. The Morgan fingerprint density at radius 2 is 2.54 bits per heavy atom. The zero-order valence-electron chi connectivity index (χ0n) is 8.00. The quantitative estimate of drug-likeness (QED) is 0.586. The Morgan fingerprint density at radius 1 is 1.77 bits per heavy atom. The molecule has 0 radical (unpaired) electrons. The van der Waals surface area contributed by atoms with Gasteiger partial charge in [-0.05, 0) is 13.8 Å². The van der Waals surface area contributed by atoms with Gasteiger partial charge in [0.2, 0.25) is 0 Å². The summed E-state index contributed by atoms with van der Waals surface area (Å²) < 4.78 is 0. The maximum Gasteiger partial charge on any atom is 0.0798 e. The van der Waals surface area contributed by atoms with Gasteiger partial charge in [0.15, 0.2) is 0 Å². The molecular formula is C10H14N2S. The lowest BCUT2D eigenvalue weighted by Crippen LogP contribution is -2.19. The van der Waals surface area contributed by atoms with Gasteiger partial charge in [0.25, 0.3) is 0 Å². The van der Waals surface area contributed by atoms with E-state index >= 15 is 0 Å². The monoisotopic (exact) mass is 194 g/mol. The van der Waals surface area contributed by atoms with Crippen molar-refractivity contribution in [1.29, 1.82) is 0 Å². The zero-order valence-corrected chi connectivity index (χ0v) is 8.82. The Hall–Kier alpha value is -0.850. The molecule has 0 bridgehead atoms. The van der Waals surface area contributed by atoms with Crippen molar-refractivity contribution in [2.75, 3.05) is 6.54 Å². The van der Waals surface area contributed by atoms with Gasteiger partial charge < -0.3 is 5.32 Å². The maximum absolute atomic E-state index is 5.16. The van der Waals surface area contributed by atoms with E-state index < -0.39 is 0 Å². The second-order valence-corrected chi connectivity index (χ2v) is 3.82. The van der Waals surface area contributed by atoms with Crippen molar-refractivity contribution in [2.45, 2.75) is 26.3 Å². The van der Waals surface area contributed by atoms with Crippen molar-refractivity contribution >= 4 is 11.3 Å². The van der Waals surface area contributed by atoms with Crippen LogP contribution in [0.15, 0.2) is 5.51 Å². The largest absolute Gasteiger partial charge is 0.308 e. The second kappa shape index (κ2) is 5.00. The molecule has 0 aliphatic heterocycles. The first-order chi connectivity index (χ1) is 6.25.